The van der Waals surface area contributed by atoms with Gasteiger partial charge in [-0.25, -0.2) is 33.9 Å². The minimum atomic E-state index is -0.571. The second-order valence-electron chi connectivity index (χ2n) is 27.9. The van der Waals surface area contributed by atoms with Crippen molar-refractivity contribution in [2.45, 2.75) is 157 Å². The third kappa shape index (κ3) is 22.4. The van der Waals surface area contributed by atoms with Crippen LogP contribution in [0.5, 0.6) is 17.2 Å². The van der Waals surface area contributed by atoms with E-state index in [1.54, 1.807) is 35.8 Å². The summed E-state index contributed by atoms with van der Waals surface area (Å²) < 4.78 is 31.9. The summed E-state index contributed by atoms with van der Waals surface area (Å²) in [4.78, 5) is 54.5. The van der Waals surface area contributed by atoms with Gasteiger partial charge in [0.1, 0.15) is 57.3 Å². The number of nitrogens with zero attached hydrogens (tertiary/aromatic N) is 13. The third-order valence-corrected chi connectivity index (χ3v) is 18.4. The first-order valence-electron chi connectivity index (χ1n) is 36.0. The molecule has 0 spiro atoms. The molecule has 13 rings (SSSR count). The molecule has 568 valence electrons. The predicted molar refractivity (Wildman–Crippen MR) is 427 cm³/mol. The number of rotatable bonds is 16. The van der Waals surface area contributed by atoms with Crippen molar-refractivity contribution < 1.29 is 33.3 Å². The normalized spacial score (nSPS) is 15.0. The van der Waals surface area contributed by atoms with Crippen LogP contribution in [-0.2, 0) is 35.3 Å². The van der Waals surface area contributed by atoms with E-state index >= 15 is 0 Å². The van der Waals surface area contributed by atoms with Crippen LogP contribution in [-0.4, -0.2) is 163 Å². The van der Waals surface area contributed by atoms with Crippen molar-refractivity contribution in [2.75, 3.05) is 111 Å². The lowest BCUT2D eigenvalue weighted by Crippen LogP contribution is -2.39. The Morgan fingerprint density at radius 2 is 1.08 bits per heavy atom. The molecule has 0 radical (unpaired) electrons. The molecule has 9 N–H and O–H groups in total. The number of hydrogen-bond acceptors (Lipinski definition) is 24. The molecule has 1 fully saturated rings. The summed E-state index contributed by atoms with van der Waals surface area (Å²) in [5, 5.41) is 42.0. The topological polar surface area (TPSA) is 325 Å². The zero-order valence-corrected chi connectivity index (χ0v) is 66.4. The molecule has 2 amide bonds. The fraction of sp³-hybridized carbons (Fsp3) is 0.461. The number of nitrogens with one attached hydrogen (secondary N) is 9. The SMILES string of the molecule is CC(C)(C)OC(=O)N1CCc2cn[nH]c2C1.CCC1CCCCC1NC.CNc1cc(C)nc(Nc2ccc(OC)c(-n3cc4c(n3)CCCN4)c2)n1.CNc1cc(C)nc(Nc2ccc(OC)c(-n3cc4c(n3)CCCN4C(=O)OC(C)(C)C)c2)n1.CNc1cc(C)nc(Nc2ccc(OC)c(I)c2)n1. The molecular weight excluding hydrogens is 1460 g/mol. The van der Waals surface area contributed by atoms with Crippen LogP contribution in [0.25, 0.3) is 11.4 Å². The number of carbonyl (C=O) groups is 2. The summed E-state index contributed by atoms with van der Waals surface area (Å²) in [6.45, 7) is 22.1. The number of methoxy groups -OCH3 is 3. The minimum Gasteiger partial charge on any atom is -0.496 e. The van der Waals surface area contributed by atoms with E-state index in [0.29, 0.717) is 43.2 Å². The first-order valence-corrected chi connectivity index (χ1v) is 37.1. The molecule has 30 heteroatoms. The van der Waals surface area contributed by atoms with Crippen molar-refractivity contribution in [1.29, 1.82) is 0 Å². The molecule has 2 unspecified atom stereocenters. The van der Waals surface area contributed by atoms with Crippen LogP contribution >= 0.6 is 22.6 Å². The van der Waals surface area contributed by atoms with Crippen molar-refractivity contribution in [3.63, 3.8) is 0 Å². The molecule has 1 aliphatic carbocycles. The molecule has 0 saturated heterocycles. The molecule has 1 saturated carbocycles. The van der Waals surface area contributed by atoms with Crippen LogP contribution < -0.4 is 61.6 Å². The van der Waals surface area contributed by atoms with Crippen LogP contribution in [0.4, 0.5) is 73.3 Å². The number of halogens is 1. The number of aryl methyl sites for hydroxylation is 5. The Bertz CT molecular complexity index is 4360. The zero-order chi connectivity index (χ0) is 76.2. The van der Waals surface area contributed by atoms with Crippen LogP contribution in [0.15, 0.2) is 91.4 Å². The Kier molecular flexibility index (Phi) is 28.0. The van der Waals surface area contributed by atoms with Crippen molar-refractivity contribution in [2.24, 2.45) is 5.92 Å². The van der Waals surface area contributed by atoms with E-state index < -0.39 is 11.2 Å². The highest BCUT2D eigenvalue weighted by Crippen LogP contribution is 2.36. The minimum absolute atomic E-state index is 0.257. The quantitative estimate of drug-likeness (QED) is 0.0406. The van der Waals surface area contributed by atoms with Gasteiger partial charge in [-0.2, -0.15) is 30.2 Å². The molecule has 0 bridgehead atoms. The number of aromatic nitrogens is 12. The Labute approximate surface area is 635 Å². The second kappa shape index (κ2) is 37.1. The van der Waals surface area contributed by atoms with E-state index in [4.69, 9.17) is 33.9 Å². The highest BCUT2D eigenvalue weighted by atomic mass is 127. The van der Waals surface area contributed by atoms with Crippen molar-refractivity contribution >= 4 is 98.5 Å². The Hall–Kier alpha value is -10.2. The fourth-order valence-electron chi connectivity index (χ4n) is 12.4. The van der Waals surface area contributed by atoms with Crippen molar-refractivity contribution in [3.05, 3.63) is 135 Å². The maximum Gasteiger partial charge on any atom is 0.414 e. The smallest absolute Gasteiger partial charge is 0.414 e. The van der Waals surface area contributed by atoms with Gasteiger partial charge in [0.15, 0.2) is 0 Å². The van der Waals surface area contributed by atoms with Gasteiger partial charge >= 0.3 is 12.2 Å². The highest BCUT2D eigenvalue weighted by molar-refractivity contribution is 14.1. The van der Waals surface area contributed by atoms with E-state index in [1.165, 1.54) is 37.7 Å². The van der Waals surface area contributed by atoms with E-state index in [-0.39, 0.29) is 12.2 Å². The van der Waals surface area contributed by atoms with Gasteiger partial charge in [-0.05, 0) is 203 Å². The molecule has 6 aromatic heterocycles. The van der Waals surface area contributed by atoms with Crippen LogP contribution in [0.2, 0.25) is 0 Å². The van der Waals surface area contributed by atoms with E-state index in [1.807, 2.05) is 180 Å². The number of fused-ring (bicyclic) bond motifs is 3. The lowest BCUT2D eigenvalue weighted by Gasteiger charge is -2.30. The van der Waals surface area contributed by atoms with Gasteiger partial charge in [-0.1, -0.05) is 26.2 Å². The predicted octanol–water partition coefficient (Wildman–Crippen LogP) is 14.6. The number of aromatic amines is 1. The summed E-state index contributed by atoms with van der Waals surface area (Å²) in [5.74, 6) is 7.09. The molecule has 3 aromatic carbocycles. The zero-order valence-electron chi connectivity index (χ0n) is 64.3. The average Bonchev–Trinajstić information content (AvgIpc) is 1.61. The largest absolute Gasteiger partial charge is 0.496 e. The second-order valence-corrected chi connectivity index (χ2v) is 29.0. The number of ether oxygens (including phenoxy) is 5. The van der Waals surface area contributed by atoms with E-state index in [0.717, 1.165) is 157 Å². The number of carbonyl (C=O) groups excluding carboxylic acids is 2. The van der Waals surface area contributed by atoms with Gasteiger partial charge in [-0.15, -0.1) is 0 Å². The molecule has 106 heavy (non-hydrogen) atoms. The van der Waals surface area contributed by atoms with Crippen molar-refractivity contribution in [3.8, 4) is 28.6 Å². The Balaban J connectivity index is 0.000000161. The number of hydrogen-bond donors (Lipinski definition) is 9. The monoisotopic (exact) mass is 1560 g/mol. The summed E-state index contributed by atoms with van der Waals surface area (Å²) in [5.41, 5.74) is 11.8. The van der Waals surface area contributed by atoms with Gasteiger partial charge in [0.25, 0.3) is 0 Å². The number of amides is 2. The molecule has 4 aliphatic rings. The molecular formula is C76H105IN22O7. The van der Waals surface area contributed by atoms with E-state index in [9.17, 15) is 9.59 Å². The van der Waals surface area contributed by atoms with Gasteiger partial charge < -0.3 is 71.1 Å². The lowest BCUT2D eigenvalue weighted by atomic mass is 9.83. The third-order valence-electron chi connectivity index (χ3n) is 17.5. The summed E-state index contributed by atoms with van der Waals surface area (Å²) >= 11 is 2.23. The van der Waals surface area contributed by atoms with Crippen LogP contribution in [0.1, 0.15) is 133 Å². The number of H-pyrrole nitrogens is 1. The highest BCUT2D eigenvalue weighted by Gasteiger charge is 2.31. The molecule has 2 atom stereocenters. The maximum atomic E-state index is 12.8. The number of benzene rings is 3. The maximum absolute atomic E-state index is 12.8. The average molecular weight is 1570 g/mol. The van der Waals surface area contributed by atoms with Crippen LogP contribution in [0, 0.1) is 30.3 Å². The molecule has 9 aromatic rings. The molecule has 9 heterocycles. The Morgan fingerprint density at radius 3 is 1.57 bits per heavy atom. The lowest BCUT2D eigenvalue weighted by molar-refractivity contribution is 0.0221. The molecule has 29 nitrogen and oxygen atoms in total. The first-order chi connectivity index (χ1) is 50.8. The van der Waals surface area contributed by atoms with Gasteiger partial charge in [0.05, 0.1) is 78.5 Å². The standard InChI is InChI=1S/C24H31N7O3.C19H23N7O.C13H15IN4O.C11H17N3O2.C9H19N/c1-15-12-21(25-5)28-22(26-15)27-16-9-10-20(33-6)18(13-16)31-14-19-17(29-31)8-7-11-30(19)23(32)34-24(2,3)4;1-12-9-18(20-2)24-19(22-12)23-13-6-7-17(27-3)16(10-13)26-11-15-14(25-26)5-4-8-21-15;1-8-6-12(15-2)18-13(16-8)17-9-4-5-11(19-3)10(14)7-9;1-11(2,3)16-10(15)14-5-4-8-6-12-13-9(8)7-14;1-3-8-6-4-5-7-9(8)10-2/h9-10,12-14H,7-8,11H2,1-6H3,(H2,25,26,27,28);6-7,9-11,21H,4-5,8H2,1-3H3,(H2,20,22,23,24);4-7H,1-3H3,(H2,15,16,17,18);6H,4-5,7H2,1-3H3,(H,12,13);8-10H,3-7H2,1-2H3. The van der Waals surface area contributed by atoms with Crippen molar-refractivity contribution in [1.82, 2.24) is 69.9 Å². The fourth-order valence-corrected chi connectivity index (χ4v) is 13.1. The summed E-state index contributed by atoms with van der Waals surface area (Å²) in [6.07, 6.45) is 16.7. The molecule has 3 aliphatic heterocycles. The van der Waals surface area contributed by atoms with Gasteiger partial charge in [0.2, 0.25) is 17.8 Å². The van der Waals surface area contributed by atoms with Gasteiger partial charge in [-0.3, -0.25) is 10.00 Å². The van der Waals surface area contributed by atoms with Crippen LogP contribution in [0.3, 0.4) is 0 Å². The summed E-state index contributed by atoms with van der Waals surface area (Å²) in [6, 6.07) is 23.8. The summed E-state index contributed by atoms with van der Waals surface area (Å²) in [7, 11) is 12.5. The number of anilines is 11. The van der Waals surface area contributed by atoms with Gasteiger partial charge in [0, 0.05) is 99.2 Å². The van der Waals surface area contributed by atoms with E-state index in [2.05, 4.69) is 119 Å². The first kappa shape index (κ1) is 79.9. The Morgan fingerprint density at radius 1 is 0.575 bits per heavy atom.